The molecule has 0 bridgehead atoms. The zero-order valence-electron chi connectivity index (χ0n) is 9.94. The van der Waals surface area contributed by atoms with Gasteiger partial charge in [-0.2, -0.15) is 0 Å². The van der Waals surface area contributed by atoms with E-state index in [1.54, 1.807) is 13.0 Å². The summed E-state index contributed by atoms with van der Waals surface area (Å²) in [6, 6.07) is 7.36. The molecule has 1 aromatic rings. The van der Waals surface area contributed by atoms with Gasteiger partial charge in [0.15, 0.2) is 0 Å². The third-order valence-electron chi connectivity index (χ3n) is 2.59. The van der Waals surface area contributed by atoms with E-state index in [1.807, 2.05) is 18.2 Å². The highest BCUT2D eigenvalue weighted by molar-refractivity contribution is 5.90. The normalized spacial score (nSPS) is 14.8. The van der Waals surface area contributed by atoms with Crippen LogP contribution in [0.25, 0.3) is 5.76 Å². The quantitative estimate of drug-likeness (QED) is 0.751. The van der Waals surface area contributed by atoms with Crippen molar-refractivity contribution in [3.8, 4) is 0 Å². The first-order chi connectivity index (χ1) is 8.31. The van der Waals surface area contributed by atoms with E-state index in [4.69, 9.17) is 9.47 Å². The molecule has 0 fully saturated rings. The molecule has 1 aliphatic heterocycles. The number of esters is 1. The Balaban J connectivity index is 2.21. The van der Waals surface area contributed by atoms with Crippen molar-refractivity contribution in [3.63, 3.8) is 0 Å². The van der Waals surface area contributed by atoms with Crippen LogP contribution >= 0.6 is 0 Å². The van der Waals surface area contributed by atoms with Crippen molar-refractivity contribution in [1.29, 1.82) is 0 Å². The van der Waals surface area contributed by atoms with E-state index in [0.717, 1.165) is 30.8 Å². The van der Waals surface area contributed by atoms with Crippen molar-refractivity contribution in [2.75, 3.05) is 13.2 Å². The van der Waals surface area contributed by atoms with Gasteiger partial charge in [0.25, 0.3) is 0 Å². The molecule has 90 valence electrons. The van der Waals surface area contributed by atoms with Crippen molar-refractivity contribution in [2.45, 2.75) is 19.8 Å². The van der Waals surface area contributed by atoms with Crippen LogP contribution in [0.3, 0.4) is 0 Å². The van der Waals surface area contributed by atoms with Crippen LogP contribution in [0.15, 0.2) is 30.3 Å². The molecular formula is C14H16O3. The monoisotopic (exact) mass is 232 g/mol. The third kappa shape index (κ3) is 2.87. The molecule has 0 spiro atoms. The maximum absolute atomic E-state index is 11.6. The lowest BCUT2D eigenvalue weighted by Crippen LogP contribution is -2.06. The van der Waals surface area contributed by atoms with E-state index >= 15 is 0 Å². The topological polar surface area (TPSA) is 35.5 Å². The van der Waals surface area contributed by atoms with Crippen LogP contribution in [0.2, 0.25) is 0 Å². The van der Waals surface area contributed by atoms with Crippen LogP contribution < -0.4 is 0 Å². The van der Waals surface area contributed by atoms with Crippen LogP contribution in [0.1, 0.15) is 35.7 Å². The van der Waals surface area contributed by atoms with Gasteiger partial charge in [-0.1, -0.05) is 12.1 Å². The Morgan fingerprint density at radius 3 is 3.06 bits per heavy atom. The van der Waals surface area contributed by atoms with Crippen LogP contribution in [0, 0.1) is 0 Å². The second kappa shape index (κ2) is 5.53. The fourth-order valence-electron chi connectivity index (χ4n) is 1.77. The largest absolute Gasteiger partial charge is 0.493 e. The summed E-state index contributed by atoms with van der Waals surface area (Å²) >= 11 is 0. The van der Waals surface area contributed by atoms with Gasteiger partial charge in [-0.15, -0.1) is 0 Å². The smallest absolute Gasteiger partial charge is 0.338 e. The van der Waals surface area contributed by atoms with Gasteiger partial charge in [-0.05, 0) is 38.0 Å². The molecule has 0 saturated heterocycles. The number of ether oxygens (including phenoxy) is 2. The minimum atomic E-state index is -0.286. The molecule has 0 aliphatic carbocycles. The SMILES string of the molecule is CCOC(=O)c1cccc(C2=CCCCO2)c1. The number of allylic oxidation sites excluding steroid dienone is 1. The predicted molar refractivity (Wildman–Crippen MR) is 65.6 cm³/mol. The zero-order valence-corrected chi connectivity index (χ0v) is 9.94. The van der Waals surface area contributed by atoms with Crippen LogP contribution in [0.4, 0.5) is 0 Å². The number of hydrogen-bond donors (Lipinski definition) is 0. The van der Waals surface area contributed by atoms with Crippen LogP contribution in [-0.2, 0) is 9.47 Å². The Hall–Kier alpha value is -1.77. The van der Waals surface area contributed by atoms with Crippen LogP contribution in [0.5, 0.6) is 0 Å². The lowest BCUT2D eigenvalue weighted by atomic mass is 10.1. The van der Waals surface area contributed by atoms with Crippen LogP contribution in [-0.4, -0.2) is 19.2 Å². The summed E-state index contributed by atoms with van der Waals surface area (Å²) < 4.78 is 10.5. The summed E-state index contributed by atoms with van der Waals surface area (Å²) in [7, 11) is 0. The Morgan fingerprint density at radius 1 is 1.47 bits per heavy atom. The van der Waals surface area contributed by atoms with Gasteiger partial charge in [0.05, 0.1) is 18.8 Å². The minimum absolute atomic E-state index is 0.286. The molecular weight excluding hydrogens is 216 g/mol. The summed E-state index contributed by atoms with van der Waals surface area (Å²) in [4.78, 5) is 11.6. The molecule has 0 radical (unpaired) electrons. The number of carbonyl (C=O) groups is 1. The molecule has 17 heavy (non-hydrogen) atoms. The lowest BCUT2D eigenvalue weighted by molar-refractivity contribution is 0.0526. The standard InChI is InChI=1S/C14H16O3/c1-2-16-14(15)12-7-5-6-11(10-12)13-8-3-4-9-17-13/h5-8,10H,2-4,9H2,1H3. The first-order valence-electron chi connectivity index (χ1n) is 5.92. The van der Waals surface area contributed by atoms with E-state index < -0.39 is 0 Å². The number of rotatable bonds is 3. The van der Waals surface area contributed by atoms with Gasteiger partial charge in [-0.3, -0.25) is 0 Å². The summed E-state index contributed by atoms with van der Waals surface area (Å²) in [6.45, 7) is 2.94. The number of hydrogen-bond acceptors (Lipinski definition) is 3. The molecule has 1 heterocycles. The summed E-state index contributed by atoms with van der Waals surface area (Å²) in [5, 5.41) is 0. The molecule has 0 saturated carbocycles. The molecule has 0 atom stereocenters. The Kier molecular flexibility index (Phi) is 3.81. The number of carbonyl (C=O) groups excluding carboxylic acids is 1. The van der Waals surface area contributed by atoms with E-state index in [1.165, 1.54) is 0 Å². The van der Waals surface area contributed by atoms with E-state index in [9.17, 15) is 4.79 Å². The van der Waals surface area contributed by atoms with Gasteiger partial charge in [-0.25, -0.2) is 4.79 Å². The maximum Gasteiger partial charge on any atom is 0.338 e. The molecule has 2 rings (SSSR count). The molecule has 0 aromatic heterocycles. The van der Waals surface area contributed by atoms with Gasteiger partial charge in [0.1, 0.15) is 5.76 Å². The fraction of sp³-hybridized carbons (Fsp3) is 0.357. The fourth-order valence-corrected chi connectivity index (χ4v) is 1.77. The highest BCUT2D eigenvalue weighted by atomic mass is 16.5. The second-order valence-electron chi connectivity index (χ2n) is 3.86. The highest BCUT2D eigenvalue weighted by Gasteiger charge is 2.11. The lowest BCUT2D eigenvalue weighted by Gasteiger charge is -2.15. The molecule has 3 nitrogen and oxygen atoms in total. The van der Waals surface area contributed by atoms with E-state index in [2.05, 4.69) is 6.08 Å². The second-order valence-corrected chi connectivity index (χ2v) is 3.86. The van der Waals surface area contributed by atoms with E-state index in [-0.39, 0.29) is 5.97 Å². The Labute approximate surface area is 101 Å². The summed E-state index contributed by atoms with van der Waals surface area (Å²) in [5.74, 6) is 0.577. The highest BCUT2D eigenvalue weighted by Crippen LogP contribution is 2.22. The van der Waals surface area contributed by atoms with Crippen molar-refractivity contribution < 1.29 is 14.3 Å². The summed E-state index contributed by atoms with van der Waals surface area (Å²) in [5.41, 5.74) is 1.51. The summed E-state index contributed by atoms with van der Waals surface area (Å²) in [6.07, 6.45) is 4.15. The van der Waals surface area contributed by atoms with Crippen molar-refractivity contribution in [1.82, 2.24) is 0 Å². The molecule has 1 aliphatic rings. The average molecular weight is 232 g/mol. The average Bonchev–Trinajstić information content (AvgIpc) is 2.40. The molecule has 0 amide bonds. The maximum atomic E-state index is 11.6. The first-order valence-corrected chi connectivity index (χ1v) is 5.92. The van der Waals surface area contributed by atoms with Gasteiger partial charge in [0, 0.05) is 5.56 Å². The van der Waals surface area contributed by atoms with Gasteiger partial charge < -0.3 is 9.47 Å². The van der Waals surface area contributed by atoms with Crippen molar-refractivity contribution in [2.24, 2.45) is 0 Å². The molecule has 1 aromatic carbocycles. The van der Waals surface area contributed by atoms with Crippen molar-refractivity contribution in [3.05, 3.63) is 41.5 Å². The minimum Gasteiger partial charge on any atom is -0.493 e. The number of benzene rings is 1. The molecule has 3 heteroatoms. The predicted octanol–water partition coefficient (Wildman–Crippen LogP) is 3.01. The Bertz CT molecular complexity index is 435. The van der Waals surface area contributed by atoms with Gasteiger partial charge >= 0.3 is 5.97 Å². The molecule has 0 N–H and O–H groups in total. The Morgan fingerprint density at radius 2 is 2.35 bits per heavy atom. The van der Waals surface area contributed by atoms with Crippen molar-refractivity contribution >= 4 is 11.7 Å². The molecule has 0 unspecified atom stereocenters. The van der Waals surface area contributed by atoms with E-state index in [0.29, 0.717) is 12.2 Å². The van der Waals surface area contributed by atoms with Gasteiger partial charge in [0.2, 0.25) is 0 Å². The third-order valence-corrected chi connectivity index (χ3v) is 2.59. The zero-order chi connectivity index (χ0) is 12.1. The first kappa shape index (κ1) is 11.7.